The quantitative estimate of drug-likeness (QED) is 0.694. The van der Waals surface area contributed by atoms with Crippen molar-refractivity contribution < 1.29 is 27.5 Å². The van der Waals surface area contributed by atoms with E-state index in [1.165, 1.54) is 12.0 Å². The number of ether oxygens (including phenoxy) is 2. The summed E-state index contributed by atoms with van der Waals surface area (Å²) < 4.78 is 35.9. The Bertz CT molecular complexity index is 788. The summed E-state index contributed by atoms with van der Waals surface area (Å²) >= 11 is 0. The summed E-state index contributed by atoms with van der Waals surface area (Å²) in [5, 5.41) is 0. The van der Waals surface area contributed by atoms with E-state index in [0.29, 0.717) is 44.2 Å². The molecular formula is C18H27N3O6S. The SMILES string of the molecule is CCOC(=O)N1CCN(C(=O)C(C)N(c2ccc(OC)cc2)S(C)(=O)=O)CC1. The Morgan fingerprint density at radius 2 is 1.64 bits per heavy atom. The summed E-state index contributed by atoms with van der Waals surface area (Å²) in [7, 11) is -2.17. The molecule has 1 unspecified atom stereocenters. The van der Waals surface area contributed by atoms with Crippen LogP contribution >= 0.6 is 0 Å². The van der Waals surface area contributed by atoms with Crippen molar-refractivity contribution in [2.24, 2.45) is 0 Å². The van der Waals surface area contributed by atoms with Crippen molar-refractivity contribution in [3.63, 3.8) is 0 Å². The third-order valence-corrected chi connectivity index (χ3v) is 5.75. The van der Waals surface area contributed by atoms with Crippen LogP contribution in [0.5, 0.6) is 5.75 Å². The van der Waals surface area contributed by atoms with Crippen molar-refractivity contribution in [3.8, 4) is 5.75 Å². The van der Waals surface area contributed by atoms with Crippen LogP contribution in [0.25, 0.3) is 0 Å². The first-order valence-electron chi connectivity index (χ1n) is 9.03. The summed E-state index contributed by atoms with van der Waals surface area (Å²) in [5.74, 6) is 0.274. The van der Waals surface area contributed by atoms with E-state index in [9.17, 15) is 18.0 Å². The standard InChI is InChI=1S/C18H27N3O6S/c1-5-27-18(23)20-12-10-19(11-13-20)17(22)14(2)21(28(4,24)25)15-6-8-16(26-3)9-7-15/h6-9,14H,5,10-13H2,1-4H3. The third-order valence-electron chi connectivity index (χ3n) is 4.51. The predicted molar refractivity (Wildman–Crippen MR) is 105 cm³/mol. The first kappa shape index (κ1) is 21.8. The number of hydrogen-bond acceptors (Lipinski definition) is 6. The number of amides is 2. The van der Waals surface area contributed by atoms with Crippen LogP contribution in [0.1, 0.15) is 13.8 Å². The van der Waals surface area contributed by atoms with E-state index in [0.717, 1.165) is 10.6 Å². The average molecular weight is 413 g/mol. The number of benzene rings is 1. The molecule has 0 radical (unpaired) electrons. The maximum absolute atomic E-state index is 12.9. The van der Waals surface area contributed by atoms with Crippen LogP contribution < -0.4 is 9.04 Å². The van der Waals surface area contributed by atoms with Gasteiger partial charge >= 0.3 is 6.09 Å². The van der Waals surface area contributed by atoms with Crippen LogP contribution in [0.2, 0.25) is 0 Å². The van der Waals surface area contributed by atoms with Crippen molar-refractivity contribution in [3.05, 3.63) is 24.3 Å². The summed E-state index contributed by atoms with van der Waals surface area (Å²) in [6, 6.07) is 5.56. The van der Waals surface area contributed by atoms with Crippen LogP contribution in [0, 0.1) is 0 Å². The van der Waals surface area contributed by atoms with E-state index >= 15 is 0 Å². The van der Waals surface area contributed by atoms with Gasteiger partial charge in [-0.2, -0.15) is 0 Å². The van der Waals surface area contributed by atoms with Crippen molar-refractivity contribution in [1.29, 1.82) is 0 Å². The lowest BCUT2D eigenvalue weighted by molar-refractivity contribution is -0.133. The fraction of sp³-hybridized carbons (Fsp3) is 0.556. The van der Waals surface area contributed by atoms with Gasteiger partial charge in [0, 0.05) is 26.2 Å². The Morgan fingerprint density at radius 3 is 2.11 bits per heavy atom. The number of hydrogen-bond donors (Lipinski definition) is 0. The van der Waals surface area contributed by atoms with E-state index in [1.54, 1.807) is 43.0 Å². The van der Waals surface area contributed by atoms with Crippen LogP contribution in [0.3, 0.4) is 0 Å². The van der Waals surface area contributed by atoms with Gasteiger partial charge in [0.15, 0.2) is 0 Å². The van der Waals surface area contributed by atoms with Gasteiger partial charge < -0.3 is 19.3 Å². The van der Waals surface area contributed by atoms with Gasteiger partial charge in [0.1, 0.15) is 11.8 Å². The number of anilines is 1. The zero-order valence-corrected chi connectivity index (χ0v) is 17.4. The Morgan fingerprint density at radius 1 is 1.11 bits per heavy atom. The third kappa shape index (κ3) is 5.06. The van der Waals surface area contributed by atoms with Crippen molar-refractivity contribution >= 4 is 27.7 Å². The molecule has 10 heteroatoms. The van der Waals surface area contributed by atoms with E-state index in [-0.39, 0.29) is 5.91 Å². The molecule has 28 heavy (non-hydrogen) atoms. The summed E-state index contributed by atoms with van der Waals surface area (Å²) in [4.78, 5) is 27.8. The molecule has 2 amide bonds. The second-order valence-corrected chi connectivity index (χ2v) is 8.30. The lowest BCUT2D eigenvalue weighted by Gasteiger charge is -2.37. The minimum Gasteiger partial charge on any atom is -0.497 e. The molecule has 0 spiro atoms. The smallest absolute Gasteiger partial charge is 0.409 e. The molecule has 1 heterocycles. The highest BCUT2D eigenvalue weighted by Crippen LogP contribution is 2.24. The summed E-state index contributed by atoms with van der Waals surface area (Å²) in [5.41, 5.74) is 0.384. The Kier molecular flexibility index (Phi) is 7.11. The number of piperazine rings is 1. The lowest BCUT2D eigenvalue weighted by atomic mass is 10.2. The van der Waals surface area contributed by atoms with Gasteiger partial charge in [-0.15, -0.1) is 0 Å². The van der Waals surface area contributed by atoms with Gasteiger partial charge in [-0.05, 0) is 38.1 Å². The summed E-state index contributed by atoms with van der Waals surface area (Å²) in [6.07, 6.45) is 0.665. The van der Waals surface area contributed by atoms with E-state index in [1.807, 2.05) is 0 Å². The maximum Gasteiger partial charge on any atom is 0.409 e. The molecular weight excluding hydrogens is 386 g/mol. The Labute approximate surface area is 165 Å². The molecule has 1 saturated heterocycles. The van der Waals surface area contributed by atoms with Gasteiger partial charge in [-0.1, -0.05) is 0 Å². The molecule has 1 atom stereocenters. The van der Waals surface area contributed by atoms with Gasteiger partial charge in [0.25, 0.3) is 0 Å². The Hall–Kier alpha value is -2.49. The van der Waals surface area contributed by atoms with E-state index in [4.69, 9.17) is 9.47 Å². The van der Waals surface area contributed by atoms with Gasteiger partial charge in [-0.3, -0.25) is 9.10 Å². The average Bonchev–Trinajstić information content (AvgIpc) is 2.67. The monoisotopic (exact) mass is 413 g/mol. The highest BCUT2D eigenvalue weighted by Gasteiger charge is 2.34. The molecule has 0 N–H and O–H groups in total. The van der Waals surface area contributed by atoms with Crippen molar-refractivity contribution in [1.82, 2.24) is 9.80 Å². The molecule has 2 rings (SSSR count). The molecule has 1 aromatic rings. The topological polar surface area (TPSA) is 96.5 Å². The number of sulfonamides is 1. The van der Waals surface area contributed by atoms with E-state index in [2.05, 4.69) is 0 Å². The van der Waals surface area contributed by atoms with Crippen LogP contribution in [-0.4, -0.2) is 82.4 Å². The summed E-state index contributed by atoms with van der Waals surface area (Å²) in [6.45, 7) is 4.92. The first-order chi connectivity index (χ1) is 13.2. The second kappa shape index (κ2) is 9.13. The second-order valence-electron chi connectivity index (χ2n) is 6.44. The van der Waals surface area contributed by atoms with Crippen LogP contribution in [0.4, 0.5) is 10.5 Å². The molecule has 0 bridgehead atoms. The number of rotatable bonds is 6. The first-order valence-corrected chi connectivity index (χ1v) is 10.9. The molecule has 9 nitrogen and oxygen atoms in total. The fourth-order valence-electron chi connectivity index (χ4n) is 3.12. The molecule has 1 aliphatic rings. The van der Waals surface area contributed by atoms with Crippen molar-refractivity contribution in [2.45, 2.75) is 19.9 Å². The normalized spacial score (nSPS) is 15.7. The highest BCUT2D eigenvalue weighted by molar-refractivity contribution is 7.92. The fourth-order valence-corrected chi connectivity index (χ4v) is 4.29. The molecule has 1 aliphatic heterocycles. The largest absolute Gasteiger partial charge is 0.497 e. The minimum absolute atomic E-state index is 0.292. The zero-order valence-electron chi connectivity index (χ0n) is 16.6. The van der Waals surface area contributed by atoms with Gasteiger partial charge in [0.05, 0.1) is 25.7 Å². The predicted octanol–water partition coefficient (Wildman–Crippen LogP) is 1.15. The van der Waals surface area contributed by atoms with Crippen molar-refractivity contribution in [2.75, 3.05) is 50.5 Å². The van der Waals surface area contributed by atoms with Gasteiger partial charge in [-0.25, -0.2) is 13.2 Å². The van der Waals surface area contributed by atoms with Crippen LogP contribution in [0.15, 0.2) is 24.3 Å². The molecule has 0 aliphatic carbocycles. The van der Waals surface area contributed by atoms with E-state index < -0.39 is 22.2 Å². The number of carbonyl (C=O) groups excluding carboxylic acids is 2. The van der Waals surface area contributed by atoms with Crippen LogP contribution in [-0.2, 0) is 19.6 Å². The molecule has 156 valence electrons. The molecule has 1 fully saturated rings. The minimum atomic E-state index is -3.69. The maximum atomic E-state index is 12.9. The number of methoxy groups -OCH3 is 1. The zero-order chi connectivity index (χ0) is 20.9. The molecule has 0 saturated carbocycles. The van der Waals surface area contributed by atoms with Gasteiger partial charge in [0.2, 0.25) is 15.9 Å². The number of carbonyl (C=O) groups is 2. The lowest BCUT2D eigenvalue weighted by Crippen LogP contribution is -2.56. The number of nitrogens with zero attached hydrogens (tertiary/aromatic N) is 3. The highest BCUT2D eigenvalue weighted by atomic mass is 32.2. The molecule has 0 aromatic heterocycles. The Balaban J connectivity index is 2.13. The molecule has 1 aromatic carbocycles.